The van der Waals surface area contributed by atoms with Crippen molar-refractivity contribution in [1.82, 2.24) is 15.2 Å². The van der Waals surface area contributed by atoms with E-state index in [9.17, 15) is 5.11 Å². The number of phenolic OH excluding ortho intramolecular Hbond substituents is 1. The summed E-state index contributed by atoms with van der Waals surface area (Å²) in [4.78, 5) is 5.02. The van der Waals surface area contributed by atoms with E-state index in [1.165, 1.54) is 11.8 Å². The molecule has 16 heavy (non-hydrogen) atoms. The lowest BCUT2D eigenvalue weighted by atomic mass is 10.3. The van der Waals surface area contributed by atoms with Gasteiger partial charge in [0.25, 0.3) is 0 Å². The van der Waals surface area contributed by atoms with Crippen LogP contribution < -0.4 is 0 Å². The van der Waals surface area contributed by atoms with Gasteiger partial charge in [0.1, 0.15) is 5.75 Å². The van der Waals surface area contributed by atoms with Gasteiger partial charge in [-0.15, -0.1) is 5.10 Å². The second-order valence-corrected chi connectivity index (χ2v) is 4.34. The highest BCUT2D eigenvalue weighted by Crippen LogP contribution is 2.31. The van der Waals surface area contributed by atoms with Gasteiger partial charge in [-0.1, -0.05) is 12.1 Å². The Balaban J connectivity index is 2.28. The van der Waals surface area contributed by atoms with Gasteiger partial charge in [0, 0.05) is 0 Å². The SMILES string of the molecule is Cc1nnc(Sc2ccccc2O)nc1C. The van der Waals surface area contributed by atoms with Gasteiger partial charge in [0.2, 0.25) is 5.16 Å². The maximum atomic E-state index is 9.60. The number of para-hydroxylation sites is 1. The summed E-state index contributed by atoms with van der Waals surface area (Å²) in [6.07, 6.45) is 0. The van der Waals surface area contributed by atoms with Crippen molar-refractivity contribution in [2.75, 3.05) is 0 Å². The molecule has 1 heterocycles. The van der Waals surface area contributed by atoms with Crippen LogP contribution >= 0.6 is 11.8 Å². The van der Waals surface area contributed by atoms with Crippen LogP contribution in [0.1, 0.15) is 11.4 Å². The predicted molar refractivity (Wildman–Crippen MR) is 61.5 cm³/mol. The number of benzene rings is 1. The number of hydrogen-bond donors (Lipinski definition) is 1. The molecule has 2 aromatic rings. The van der Waals surface area contributed by atoms with Crippen molar-refractivity contribution < 1.29 is 5.11 Å². The summed E-state index contributed by atoms with van der Waals surface area (Å²) in [7, 11) is 0. The minimum absolute atomic E-state index is 0.231. The Morgan fingerprint density at radius 2 is 1.81 bits per heavy atom. The first-order valence-electron chi connectivity index (χ1n) is 4.80. The fraction of sp³-hybridized carbons (Fsp3) is 0.182. The number of phenols is 1. The summed E-state index contributed by atoms with van der Waals surface area (Å²) in [6, 6.07) is 7.09. The summed E-state index contributed by atoms with van der Waals surface area (Å²) in [5.41, 5.74) is 1.68. The summed E-state index contributed by atoms with van der Waals surface area (Å²) in [6.45, 7) is 3.75. The number of hydrogen-bond acceptors (Lipinski definition) is 5. The van der Waals surface area contributed by atoms with Crippen LogP contribution in [-0.2, 0) is 0 Å². The molecule has 0 atom stereocenters. The summed E-state index contributed by atoms with van der Waals surface area (Å²) < 4.78 is 0. The molecule has 5 heteroatoms. The molecule has 0 unspecified atom stereocenters. The molecule has 2 rings (SSSR count). The van der Waals surface area contributed by atoms with Gasteiger partial charge in [-0.25, -0.2) is 4.98 Å². The molecule has 1 aromatic heterocycles. The average molecular weight is 233 g/mol. The Morgan fingerprint density at radius 1 is 1.06 bits per heavy atom. The maximum absolute atomic E-state index is 9.60. The molecule has 0 aliphatic carbocycles. The molecule has 1 aromatic carbocycles. The van der Waals surface area contributed by atoms with Gasteiger partial charge in [0.05, 0.1) is 16.3 Å². The summed E-state index contributed by atoms with van der Waals surface area (Å²) in [5.74, 6) is 0.231. The first-order valence-corrected chi connectivity index (χ1v) is 5.62. The zero-order valence-corrected chi connectivity index (χ0v) is 9.82. The van der Waals surface area contributed by atoms with E-state index in [4.69, 9.17) is 0 Å². The molecule has 0 bridgehead atoms. The quantitative estimate of drug-likeness (QED) is 0.862. The zero-order chi connectivity index (χ0) is 11.5. The lowest BCUT2D eigenvalue weighted by Gasteiger charge is -2.03. The van der Waals surface area contributed by atoms with Crippen LogP contribution in [0.5, 0.6) is 5.75 Å². The van der Waals surface area contributed by atoms with Gasteiger partial charge in [-0.2, -0.15) is 5.10 Å². The average Bonchev–Trinajstić information content (AvgIpc) is 2.27. The van der Waals surface area contributed by atoms with E-state index in [2.05, 4.69) is 15.2 Å². The first kappa shape index (κ1) is 10.9. The minimum Gasteiger partial charge on any atom is -0.507 e. The third kappa shape index (κ3) is 2.30. The highest BCUT2D eigenvalue weighted by Gasteiger charge is 2.06. The van der Waals surface area contributed by atoms with Crippen molar-refractivity contribution in [3.63, 3.8) is 0 Å². The molecule has 0 saturated heterocycles. The van der Waals surface area contributed by atoms with Gasteiger partial charge in [-0.05, 0) is 37.7 Å². The predicted octanol–water partition coefficient (Wildman–Crippen LogP) is 2.35. The van der Waals surface area contributed by atoms with Crippen LogP contribution in [0.2, 0.25) is 0 Å². The van der Waals surface area contributed by atoms with E-state index in [0.29, 0.717) is 5.16 Å². The van der Waals surface area contributed by atoms with E-state index in [1.54, 1.807) is 12.1 Å². The molecular weight excluding hydrogens is 222 g/mol. The van der Waals surface area contributed by atoms with Crippen LogP contribution in [0.15, 0.2) is 34.3 Å². The molecule has 1 N–H and O–H groups in total. The van der Waals surface area contributed by atoms with Gasteiger partial charge < -0.3 is 5.11 Å². The fourth-order valence-corrected chi connectivity index (χ4v) is 1.90. The Labute approximate surface area is 97.8 Å². The van der Waals surface area contributed by atoms with Crippen LogP contribution in [0.25, 0.3) is 0 Å². The molecule has 0 aliphatic rings. The molecule has 0 amide bonds. The number of aryl methyl sites for hydroxylation is 2. The molecule has 0 radical (unpaired) electrons. The first-order chi connectivity index (χ1) is 7.66. The molecule has 0 saturated carbocycles. The van der Waals surface area contributed by atoms with Crippen LogP contribution in [0, 0.1) is 13.8 Å². The third-order valence-corrected chi connectivity index (χ3v) is 3.06. The Hall–Kier alpha value is -1.62. The van der Waals surface area contributed by atoms with Crippen molar-refractivity contribution in [3.05, 3.63) is 35.7 Å². The lowest BCUT2D eigenvalue weighted by molar-refractivity contribution is 0.462. The molecule has 4 nitrogen and oxygen atoms in total. The van der Waals surface area contributed by atoms with E-state index in [0.717, 1.165) is 16.3 Å². The summed E-state index contributed by atoms with van der Waals surface area (Å²) in [5, 5.41) is 18.1. The fourth-order valence-electron chi connectivity index (χ4n) is 1.12. The maximum Gasteiger partial charge on any atom is 0.214 e. The topological polar surface area (TPSA) is 58.9 Å². The van der Waals surface area contributed by atoms with Gasteiger partial charge in [-0.3, -0.25) is 0 Å². The largest absolute Gasteiger partial charge is 0.507 e. The molecular formula is C11H11N3OS. The van der Waals surface area contributed by atoms with E-state index < -0.39 is 0 Å². The zero-order valence-electron chi connectivity index (χ0n) is 9.01. The van der Waals surface area contributed by atoms with Crippen LogP contribution in [0.3, 0.4) is 0 Å². The van der Waals surface area contributed by atoms with Crippen molar-refractivity contribution in [2.24, 2.45) is 0 Å². The lowest BCUT2D eigenvalue weighted by Crippen LogP contribution is -1.97. The normalized spacial score (nSPS) is 10.4. The van der Waals surface area contributed by atoms with Gasteiger partial charge >= 0.3 is 0 Å². The second-order valence-electron chi connectivity index (χ2n) is 3.33. The van der Waals surface area contributed by atoms with Crippen molar-refractivity contribution in [3.8, 4) is 5.75 Å². The highest BCUT2D eigenvalue weighted by atomic mass is 32.2. The highest BCUT2D eigenvalue weighted by molar-refractivity contribution is 7.99. The second kappa shape index (κ2) is 4.49. The Morgan fingerprint density at radius 3 is 2.50 bits per heavy atom. The summed E-state index contributed by atoms with van der Waals surface area (Å²) >= 11 is 1.30. The molecule has 82 valence electrons. The molecule has 0 spiro atoms. The minimum atomic E-state index is 0.231. The van der Waals surface area contributed by atoms with Crippen molar-refractivity contribution >= 4 is 11.8 Å². The smallest absolute Gasteiger partial charge is 0.214 e. The Kier molecular flexibility index (Phi) is 3.05. The van der Waals surface area contributed by atoms with E-state index in [-0.39, 0.29) is 5.75 Å². The van der Waals surface area contributed by atoms with Crippen molar-refractivity contribution in [1.29, 1.82) is 0 Å². The standard InChI is InChI=1S/C11H11N3OS/c1-7-8(2)13-14-11(12-7)16-10-6-4-3-5-9(10)15/h3-6,15H,1-2H3. The third-order valence-electron chi connectivity index (χ3n) is 2.14. The van der Waals surface area contributed by atoms with Crippen LogP contribution in [-0.4, -0.2) is 20.3 Å². The van der Waals surface area contributed by atoms with Crippen LogP contribution in [0.4, 0.5) is 0 Å². The number of rotatable bonds is 2. The number of aromatic nitrogens is 3. The van der Waals surface area contributed by atoms with E-state index >= 15 is 0 Å². The number of aromatic hydroxyl groups is 1. The molecule has 0 aliphatic heterocycles. The van der Waals surface area contributed by atoms with Gasteiger partial charge in [0.15, 0.2) is 0 Å². The Bertz CT molecular complexity index is 516. The number of nitrogens with zero attached hydrogens (tertiary/aromatic N) is 3. The molecule has 0 fully saturated rings. The monoisotopic (exact) mass is 233 g/mol. The van der Waals surface area contributed by atoms with E-state index in [1.807, 2.05) is 26.0 Å². The van der Waals surface area contributed by atoms with Crippen molar-refractivity contribution in [2.45, 2.75) is 23.9 Å².